The summed E-state index contributed by atoms with van der Waals surface area (Å²) in [7, 11) is 0. The Balaban J connectivity index is 2.73. The lowest BCUT2D eigenvalue weighted by Crippen LogP contribution is -2.28. The highest BCUT2D eigenvalue weighted by atomic mass is 16.3. The molecule has 1 aliphatic rings. The molecule has 0 bridgehead atoms. The summed E-state index contributed by atoms with van der Waals surface area (Å²) in [5.41, 5.74) is 1.95. The van der Waals surface area contributed by atoms with Crippen LogP contribution in [-0.2, 0) is 0 Å². The standard InChI is InChI=1S/C11H18O2/c1-3-5-8-6-10(12)9(4-2)11(13)7-8/h4-5,10-13H,3,6-7H2,1-2H3/t10-,11-/m1/s1. The van der Waals surface area contributed by atoms with Gasteiger partial charge >= 0.3 is 0 Å². The minimum Gasteiger partial charge on any atom is -0.388 e. The fraction of sp³-hybridized carbons (Fsp3) is 0.636. The third-order valence-electron chi connectivity index (χ3n) is 2.51. The van der Waals surface area contributed by atoms with Crippen LogP contribution in [-0.4, -0.2) is 22.4 Å². The molecule has 1 fully saturated rings. The first-order chi connectivity index (χ1) is 6.19. The van der Waals surface area contributed by atoms with Gasteiger partial charge in [-0.05, 0) is 31.8 Å². The minimum absolute atomic E-state index is 0.480. The first-order valence-corrected chi connectivity index (χ1v) is 4.89. The normalized spacial score (nSPS) is 28.9. The van der Waals surface area contributed by atoms with E-state index in [1.54, 1.807) is 0 Å². The van der Waals surface area contributed by atoms with E-state index in [2.05, 4.69) is 13.0 Å². The summed E-state index contributed by atoms with van der Waals surface area (Å²) in [4.78, 5) is 0. The molecule has 0 amide bonds. The lowest BCUT2D eigenvalue weighted by molar-refractivity contribution is 0.122. The summed E-state index contributed by atoms with van der Waals surface area (Å²) in [5, 5.41) is 19.3. The van der Waals surface area contributed by atoms with Crippen molar-refractivity contribution in [1.82, 2.24) is 0 Å². The summed E-state index contributed by atoms with van der Waals surface area (Å²) < 4.78 is 0. The van der Waals surface area contributed by atoms with Gasteiger partial charge in [0.1, 0.15) is 0 Å². The Hall–Kier alpha value is -0.600. The first-order valence-electron chi connectivity index (χ1n) is 4.89. The van der Waals surface area contributed by atoms with Crippen LogP contribution in [0.2, 0.25) is 0 Å². The Morgan fingerprint density at radius 3 is 2.23 bits per heavy atom. The smallest absolute Gasteiger partial charge is 0.0812 e. The van der Waals surface area contributed by atoms with Crippen LogP contribution in [0.25, 0.3) is 0 Å². The molecule has 0 aliphatic heterocycles. The van der Waals surface area contributed by atoms with E-state index in [9.17, 15) is 10.2 Å². The van der Waals surface area contributed by atoms with Gasteiger partial charge in [0.2, 0.25) is 0 Å². The molecule has 0 heterocycles. The van der Waals surface area contributed by atoms with E-state index < -0.39 is 12.2 Å². The van der Waals surface area contributed by atoms with Crippen molar-refractivity contribution in [2.45, 2.75) is 45.3 Å². The maximum Gasteiger partial charge on any atom is 0.0812 e. The molecule has 0 unspecified atom stereocenters. The van der Waals surface area contributed by atoms with E-state index in [-0.39, 0.29) is 0 Å². The van der Waals surface area contributed by atoms with E-state index >= 15 is 0 Å². The Morgan fingerprint density at radius 1 is 1.31 bits per heavy atom. The molecule has 2 heteroatoms. The third kappa shape index (κ3) is 2.42. The molecule has 0 aromatic rings. The van der Waals surface area contributed by atoms with Gasteiger partial charge in [-0.3, -0.25) is 0 Å². The van der Waals surface area contributed by atoms with Crippen molar-refractivity contribution >= 4 is 0 Å². The van der Waals surface area contributed by atoms with Crippen molar-refractivity contribution in [2.75, 3.05) is 0 Å². The SMILES string of the molecule is CC=C1[C@H](O)CC(=CCC)C[C@H]1O. The van der Waals surface area contributed by atoms with Crippen molar-refractivity contribution in [3.63, 3.8) is 0 Å². The van der Waals surface area contributed by atoms with Crippen LogP contribution in [0, 0.1) is 0 Å². The number of hydrogen-bond acceptors (Lipinski definition) is 2. The lowest BCUT2D eigenvalue weighted by Gasteiger charge is -2.28. The van der Waals surface area contributed by atoms with Crippen LogP contribution in [0.1, 0.15) is 33.1 Å². The summed E-state index contributed by atoms with van der Waals surface area (Å²) in [6.45, 7) is 3.92. The van der Waals surface area contributed by atoms with E-state index in [4.69, 9.17) is 0 Å². The number of allylic oxidation sites excluding steroid dienone is 2. The zero-order valence-electron chi connectivity index (χ0n) is 8.33. The molecule has 2 N–H and O–H groups in total. The van der Waals surface area contributed by atoms with Gasteiger partial charge in [0.05, 0.1) is 12.2 Å². The van der Waals surface area contributed by atoms with Gasteiger partial charge in [-0.1, -0.05) is 24.6 Å². The molecular formula is C11H18O2. The molecule has 2 atom stereocenters. The molecular weight excluding hydrogens is 164 g/mol. The second kappa shape index (κ2) is 4.58. The second-order valence-electron chi connectivity index (χ2n) is 3.50. The lowest BCUT2D eigenvalue weighted by atomic mass is 9.85. The average Bonchev–Trinajstić information content (AvgIpc) is 2.04. The van der Waals surface area contributed by atoms with Crippen LogP contribution >= 0.6 is 0 Å². The number of aliphatic hydroxyl groups excluding tert-OH is 2. The van der Waals surface area contributed by atoms with Crippen molar-refractivity contribution in [3.8, 4) is 0 Å². The maximum absolute atomic E-state index is 9.67. The van der Waals surface area contributed by atoms with Crippen LogP contribution in [0.15, 0.2) is 23.3 Å². The third-order valence-corrected chi connectivity index (χ3v) is 2.51. The van der Waals surface area contributed by atoms with Gasteiger partial charge in [-0.15, -0.1) is 0 Å². The topological polar surface area (TPSA) is 40.5 Å². The molecule has 2 nitrogen and oxygen atoms in total. The molecule has 1 saturated carbocycles. The van der Waals surface area contributed by atoms with E-state index in [1.807, 2.05) is 13.0 Å². The summed E-state index contributed by atoms with van der Waals surface area (Å²) in [5.74, 6) is 0. The monoisotopic (exact) mass is 182 g/mol. The fourth-order valence-electron chi connectivity index (χ4n) is 1.88. The van der Waals surface area contributed by atoms with Crippen molar-refractivity contribution < 1.29 is 10.2 Å². The van der Waals surface area contributed by atoms with Gasteiger partial charge in [0.15, 0.2) is 0 Å². The second-order valence-corrected chi connectivity index (χ2v) is 3.50. The Kier molecular flexibility index (Phi) is 3.70. The van der Waals surface area contributed by atoms with E-state index in [0.717, 1.165) is 12.0 Å². The Bertz CT molecular complexity index is 212. The van der Waals surface area contributed by atoms with Crippen molar-refractivity contribution in [1.29, 1.82) is 0 Å². The van der Waals surface area contributed by atoms with E-state index in [1.165, 1.54) is 5.57 Å². The Morgan fingerprint density at radius 2 is 1.85 bits per heavy atom. The molecule has 1 aliphatic carbocycles. The molecule has 1 rings (SSSR count). The van der Waals surface area contributed by atoms with Crippen LogP contribution in [0.5, 0.6) is 0 Å². The maximum atomic E-state index is 9.67. The minimum atomic E-state index is -0.480. The predicted molar refractivity (Wildman–Crippen MR) is 53.4 cm³/mol. The first kappa shape index (κ1) is 10.5. The van der Waals surface area contributed by atoms with Crippen molar-refractivity contribution in [3.05, 3.63) is 23.3 Å². The molecule has 0 spiro atoms. The highest BCUT2D eigenvalue weighted by Crippen LogP contribution is 2.28. The average molecular weight is 182 g/mol. The number of hydrogen-bond donors (Lipinski definition) is 2. The molecule has 0 aromatic heterocycles. The summed E-state index contributed by atoms with van der Waals surface area (Å²) >= 11 is 0. The highest BCUT2D eigenvalue weighted by Gasteiger charge is 2.25. The Labute approximate surface area is 79.6 Å². The zero-order chi connectivity index (χ0) is 9.84. The summed E-state index contributed by atoms with van der Waals surface area (Å²) in [6.07, 6.45) is 5.30. The van der Waals surface area contributed by atoms with Gasteiger partial charge in [0, 0.05) is 0 Å². The molecule has 0 aromatic carbocycles. The van der Waals surface area contributed by atoms with Gasteiger partial charge in [-0.25, -0.2) is 0 Å². The number of rotatable bonds is 1. The van der Waals surface area contributed by atoms with E-state index in [0.29, 0.717) is 12.8 Å². The fourth-order valence-corrected chi connectivity index (χ4v) is 1.88. The molecule has 0 radical (unpaired) electrons. The van der Waals surface area contributed by atoms with Gasteiger partial charge in [0.25, 0.3) is 0 Å². The van der Waals surface area contributed by atoms with Gasteiger partial charge < -0.3 is 10.2 Å². The van der Waals surface area contributed by atoms with Gasteiger partial charge in [-0.2, -0.15) is 0 Å². The largest absolute Gasteiger partial charge is 0.388 e. The number of aliphatic hydroxyl groups is 2. The zero-order valence-corrected chi connectivity index (χ0v) is 8.33. The van der Waals surface area contributed by atoms with Crippen molar-refractivity contribution in [2.24, 2.45) is 0 Å². The molecule has 13 heavy (non-hydrogen) atoms. The molecule has 74 valence electrons. The van der Waals surface area contributed by atoms with Crippen LogP contribution in [0.4, 0.5) is 0 Å². The predicted octanol–water partition coefficient (Wildman–Crippen LogP) is 1.78. The summed E-state index contributed by atoms with van der Waals surface area (Å²) in [6, 6.07) is 0. The quantitative estimate of drug-likeness (QED) is 0.607. The van der Waals surface area contributed by atoms with Crippen LogP contribution in [0.3, 0.4) is 0 Å². The highest BCUT2D eigenvalue weighted by molar-refractivity contribution is 5.24. The van der Waals surface area contributed by atoms with Crippen LogP contribution < -0.4 is 0 Å². The molecule has 0 saturated heterocycles.